The van der Waals surface area contributed by atoms with Crippen LogP contribution in [0.1, 0.15) is 16.7 Å². The van der Waals surface area contributed by atoms with Gasteiger partial charge in [-0.05, 0) is 71.8 Å². The molecule has 0 atom stereocenters. The van der Waals surface area contributed by atoms with Gasteiger partial charge < -0.3 is 0 Å². The van der Waals surface area contributed by atoms with Crippen molar-refractivity contribution in [1.29, 1.82) is 0 Å². The molecule has 0 saturated carbocycles. The zero-order chi connectivity index (χ0) is 26.8. The Hall–Kier alpha value is -4.89. The van der Waals surface area contributed by atoms with E-state index in [2.05, 4.69) is 81.4 Å². The Morgan fingerprint density at radius 2 is 0.795 bits per heavy atom. The molecule has 1 heterocycles. The number of rotatable bonds is 5. The smallest absolute Gasteiger partial charge is 0.164 e. The van der Waals surface area contributed by atoms with Crippen LogP contribution in [-0.4, -0.2) is 15.0 Å². The van der Waals surface area contributed by atoms with E-state index >= 15 is 0 Å². The van der Waals surface area contributed by atoms with Crippen molar-refractivity contribution in [2.75, 3.05) is 0 Å². The van der Waals surface area contributed by atoms with Gasteiger partial charge in [0.15, 0.2) is 17.5 Å². The average molecular weight is 504 g/mol. The third-order valence-electron chi connectivity index (χ3n) is 7.24. The Morgan fingerprint density at radius 1 is 0.359 bits per heavy atom. The lowest BCUT2D eigenvalue weighted by molar-refractivity contribution is 1.07. The molecule has 0 aliphatic heterocycles. The van der Waals surface area contributed by atoms with E-state index in [-0.39, 0.29) is 0 Å². The highest BCUT2D eigenvalue weighted by Crippen LogP contribution is 2.38. The highest BCUT2D eigenvalue weighted by atomic mass is 15.0. The van der Waals surface area contributed by atoms with E-state index < -0.39 is 0 Å². The minimum Gasteiger partial charge on any atom is -0.208 e. The molecule has 3 heteroatoms. The second-order valence-corrected chi connectivity index (χ2v) is 9.86. The summed E-state index contributed by atoms with van der Waals surface area (Å²) in [6.07, 6.45) is 0. The van der Waals surface area contributed by atoms with Crippen molar-refractivity contribution in [2.45, 2.75) is 20.8 Å². The van der Waals surface area contributed by atoms with Crippen LogP contribution in [0.4, 0.5) is 0 Å². The molecule has 0 spiro atoms. The summed E-state index contributed by atoms with van der Waals surface area (Å²) in [6.45, 7) is 6.50. The third kappa shape index (κ3) is 4.87. The largest absolute Gasteiger partial charge is 0.208 e. The SMILES string of the molecule is Cc1ccccc1-c1cc(-c2nc(-c3ccccc3)nc(-c3ccccc3)n2)c(C)c(-c2ccccc2C)c1. The first-order chi connectivity index (χ1) is 19.1. The van der Waals surface area contributed by atoms with Crippen molar-refractivity contribution in [3.8, 4) is 56.4 Å². The van der Waals surface area contributed by atoms with Crippen molar-refractivity contribution < 1.29 is 0 Å². The number of nitrogens with zero attached hydrogens (tertiary/aromatic N) is 3. The standard InChI is InChI=1S/C36H29N3/c1-24-14-10-12-20-30(24)29-22-32(31-21-13-11-15-25(31)2)26(3)33(23-29)36-38-34(27-16-6-4-7-17-27)37-35(39-36)28-18-8-5-9-19-28/h4-23H,1-3H3. The molecule has 3 nitrogen and oxygen atoms in total. The molecule has 1 aromatic heterocycles. The predicted octanol–water partition coefficient (Wildman–Crippen LogP) is 9.13. The average Bonchev–Trinajstić information content (AvgIpc) is 2.99. The summed E-state index contributed by atoms with van der Waals surface area (Å²) >= 11 is 0. The van der Waals surface area contributed by atoms with E-state index in [0.717, 1.165) is 27.8 Å². The van der Waals surface area contributed by atoms with Crippen LogP contribution in [0.15, 0.2) is 121 Å². The Labute approximate surface area is 229 Å². The lowest BCUT2D eigenvalue weighted by atomic mass is 9.88. The Bertz CT molecular complexity index is 1720. The maximum atomic E-state index is 5.05. The molecule has 0 aliphatic carbocycles. The van der Waals surface area contributed by atoms with Crippen molar-refractivity contribution in [1.82, 2.24) is 15.0 Å². The first-order valence-electron chi connectivity index (χ1n) is 13.2. The van der Waals surface area contributed by atoms with Gasteiger partial charge in [-0.1, -0.05) is 109 Å². The van der Waals surface area contributed by atoms with Crippen molar-refractivity contribution in [2.24, 2.45) is 0 Å². The minimum atomic E-state index is 0.664. The van der Waals surface area contributed by atoms with Gasteiger partial charge in [0.2, 0.25) is 0 Å². The normalized spacial score (nSPS) is 10.9. The minimum absolute atomic E-state index is 0.664. The lowest BCUT2D eigenvalue weighted by Gasteiger charge is -2.18. The van der Waals surface area contributed by atoms with Crippen LogP contribution in [0.2, 0.25) is 0 Å². The van der Waals surface area contributed by atoms with Crippen molar-refractivity contribution in [3.05, 3.63) is 138 Å². The molecule has 0 unspecified atom stereocenters. The second kappa shape index (κ2) is 10.5. The van der Waals surface area contributed by atoms with Gasteiger partial charge in [-0.15, -0.1) is 0 Å². The number of benzene rings is 5. The first kappa shape index (κ1) is 24.4. The van der Waals surface area contributed by atoms with Gasteiger partial charge in [0.05, 0.1) is 0 Å². The van der Waals surface area contributed by atoms with Gasteiger partial charge in [0, 0.05) is 16.7 Å². The summed E-state index contributed by atoms with van der Waals surface area (Å²) in [4.78, 5) is 15.0. The maximum Gasteiger partial charge on any atom is 0.164 e. The zero-order valence-electron chi connectivity index (χ0n) is 22.4. The van der Waals surface area contributed by atoms with E-state index in [9.17, 15) is 0 Å². The topological polar surface area (TPSA) is 38.7 Å². The van der Waals surface area contributed by atoms with E-state index in [1.54, 1.807) is 0 Å². The second-order valence-electron chi connectivity index (χ2n) is 9.86. The van der Waals surface area contributed by atoms with Gasteiger partial charge >= 0.3 is 0 Å². The van der Waals surface area contributed by atoms with Crippen LogP contribution >= 0.6 is 0 Å². The van der Waals surface area contributed by atoms with E-state index in [0.29, 0.717) is 17.5 Å². The van der Waals surface area contributed by atoms with Crippen LogP contribution < -0.4 is 0 Å². The van der Waals surface area contributed by atoms with E-state index in [4.69, 9.17) is 15.0 Å². The van der Waals surface area contributed by atoms with Crippen LogP contribution in [-0.2, 0) is 0 Å². The van der Waals surface area contributed by atoms with Gasteiger partial charge in [0.25, 0.3) is 0 Å². The summed E-state index contributed by atoms with van der Waals surface area (Å²) in [5, 5.41) is 0. The Kier molecular flexibility index (Phi) is 6.56. The summed E-state index contributed by atoms with van der Waals surface area (Å²) < 4.78 is 0. The fraction of sp³-hybridized carbons (Fsp3) is 0.0833. The molecule has 0 N–H and O–H groups in total. The zero-order valence-corrected chi connectivity index (χ0v) is 22.4. The molecule has 0 fully saturated rings. The van der Waals surface area contributed by atoms with Crippen molar-refractivity contribution >= 4 is 0 Å². The van der Waals surface area contributed by atoms with E-state index in [1.807, 2.05) is 60.7 Å². The Balaban J connectivity index is 1.65. The van der Waals surface area contributed by atoms with Gasteiger partial charge in [-0.3, -0.25) is 0 Å². The lowest BCUT2D eigenvalue weighted by Crippen LogP contribution is -2.02. The molecular weight excluding hydrogens is 474 g/mol. The van der Waals surface area contributed by atoms with Gasteiger partial charge in [-0.2, -0.15) is 0 Å². The number of hydrogen-bond donors (Lipinski definition) is 0. The fourth-order valence-electron chi connectivity index (χ4n) is 5.08. The van der Waals surface area contributed by atoms with Crippen LogP contribution in [0.5, 0.6) is 0 Å². The van der Waals surface area contributed by atoms with Crippen LogP contribution in [0.25, 0.3) is 56.4 Å². The highest BCUT2D eigenvalue weighted by molar-refractivity contribution is 5.85. The highest BCUT2D eigenvalue weighted by Gasteiger charge is 2.18. The van der Waals surface area contributed by atoms with Crippen molar-refractivity contribution in [3.63, 3.8) is 0 Å². The molecule has 188 valence electrons. The molecule has 6 rings (SSSR count). The summed E-state index contributed by atoms with van der Waals surface area (Å²) in [6, 6.07) is 41.9. The van der Waals surface area contributed by atoms with Gasteiger partial charge in [-0.25, -0.2) is 15.0 Å². The summed E-state index contributed by atoms with van der Waals surface area (Å²) in [5.41, 5.74) is 11.3. The molecule has 0 aliphatic rings. The predicted molar refractivity (Wildman–Crippen MR) is 161 cm³/mol. The summed E-state index contributed by atoms with van der Waals surface area (Å²) in [5.74, 6) is 2.00. The van der Waals surface area contributed by atoms with E-state index in [1.165, 1.54) is 27.8 Å². The number of aromatic nitrogens is 3. The molecular formula is C36H29N3. The maximum absolute atomic E-state index is 5.05. The van der Waals surface area contributed by atoms with Gasteiger partial charge in [0.1, 0.15) is 0 Å². The monoisotopic (exact) mass is 503 g/mol. The number of aryl methyl sites for hydroxylation is 2. The molecule has 6 aromatic rings. The van der Waals surface area contributed by atoms with Crippen LogP contribution in [0, 0.1) is 20.8 Å². The molecule has 5 aromatic carbocycles. The fourth-order valence-corrected chi connectivity index (χ4v) is 5.08. The number of hydrogen-bond acceptors (Lipinski definition) is 3. The molecule has 0 radical (unpaired) electrons. The molecule has 39 heavy (non-hydrogen) atoms. The quantitative estimate of drug-likeness (QED) is 0.235. The summed E-state index contributed by atoms with van der Waals surface area (Å²) in [7, 11) is 0. The molecule has 0 amide bonds. The molecule has 0 bridgehead atoms. The Morgan fingerprint density at radius 3 is 1.33 bits per heavy atom. The first-order valence-corrected chi connectivity index (χ1v) is 13.2. The molecule has 0 saturated heterocycles. The van der Waals surface area contributed by atoms with Crippen LogP contribution in [0.3, 0.4) is 0 Å². The third-order valence-corrected chi connectivity index (χ3v) is 7.24.